The van der Waals surface area contributed by atoms with E-state index in [1.165, 1.54) is 19.3 Å². The minimum absolute atomic E-state index is 0.608. The van der Waals surface area contributed by atoms with Crippen molar-refractivity contribution in [3.63, 3.8) is 0 Å². The van der Waals surface area contributed by atoms with Gasteiger partial charge >= 0.3 is 0 Å². The molecule has 1 fully saturated rings. The number of nitrogens with one attached hydrogen (secondary N) is 1. The van der Waals surface area contributed by atoms with E-state index in [9.17, 15) is 0 Å². The molecular formula is C11H21N5. The lowest BCUT2D eigenvalue weighted by atomic mass is 10.1. The predicted molar refractivity (Wildman–Crippen MR) is 62.7 cm³/mol. The molecule has 1 aromatic rings. The fourth-order valence-electron chi connectivity index (χ4n) is 2.30. The Morgan fingerprint density at radius 2 is 2.44 bits per heavy atom. The molecule has 1 aromatic heterocycles. The van der Waals surface area contributed by atoms with E-state index in [1.807, 2.05) is 6.20 Å². The van der Waals surface area contributed by atoms with Gasteiger partial charge in [0.15, 0.2) is 0 Å². The summed E-state index contributed by atoms with van der Waals surface area (Å²) in [6, 6.07) is 0.662. The van der Waals surface area contributed by atoms with Crippen LogP contribution in [0.1, 0.15) is 31.9 Å². The summed E-state index contributed by atoms with van der Waals surface area (Å²) in [5.74, 6) is 0.866. The summed E-state index contributed by atoms with van der Waals surface area (Å²) in [5.41, 5.74) is 6.46. The number of aromatic nitrogens is 3. The molecule has 1 saturated carbocycles. The quantitative estimate of drug-likeness (QED) is 0.763. The molecule has 16 heavy (non-hydrogen) atoms. The fourth-order valence-corrected chi connectivity index (χ4v) is 2.30. The third-order valence-corrected chi connectivity index (χ3v) is 3.21. The molecule has 90 valence electrons. The molecule has 0 spiro atoms. The first kappa shape index (κ1) is 11.5. The van der Waals surface area contributed by atoms with Gasteiger partial charge < -0.3 is 11.1 Å². The average molecular weight is 223 g/mol. The molecule has 3 N–H and O–H groups in total. The minimum atomic E-state index is 0.608. The minimum Gasteiger partial charge on any atom is -0.329 e. The SMILES string of the molecule is CC1CCC(NCc2cn(CCN)nn2)C1. The van der Waals surface area contributed by atoms with E-state index < -0.39 is 0 Å². The standard InChI is InChI=1S/C11H21N5/c1-9-2-3-10(6-9)13-7-11-8-16(5-4-12)15-14-11/h8-10,13H,2-7,12H2,1H3. The Morgan fingerprint density at radius 1 is 1.56 bits per heavy atom. The van der Waals surface area contributed by atoms with Gasteiger partial charge in [0.05, 0.1) is 12.2 Å². The number of nitrogens with two attached hydrogens (primary N) is 1. The van der Waals surface area contributed by atoms with Gasteiger partial charge in [-0.05, 0) is 25.2 Å². The van der Waals surface area contributed by atoms with Crippen LogP contribution in [0.3, 0.4) is 0 Å². The van der Waals surface area contributed by atoms with Gasteiger partial charge in [-0.1, -0.05) is 12.1 Å². The highest BCUT2D eigenvalue weighted by Gasteiger charge is 2.20. The second-order valence-corrected chi connectivity index (χ2v) is 4.76. The van der Waals surface area contributed by atoms with Gasteiger partial charge in [0.1, 0.15) is 0 Å². The summed E-state index contributed by atoms with van der Waals surface area (Å²) in [6.45, 7) is 4.49. The number of hydrogen-bond donors (Lipinski definition) is 2. The Bertz CT molecular complexity index is 322. The molecule has 0 aromatic carbocycles. The molecule has 0 saturated heterocycles. The van der Waals surface area contributed by atoms with Crippen LogP contribution in [-0.2, 0) is 13.1 Å². The zero-order valence-corrected chi connectivity index (χ0v) is 9.89. The number of nitrogens with zero attached hydrogens (tertiary/aromatic N) is 3. The van der Waals surface area contributed by atoms with Gasteiger partial charge in [0.25, 0.3) is 0 Å². The predicted octanol–water partition coefficient (Wildman–Crippen LogP) is 0.515. The molecule has 5 nitrogen and oxygen atoms in total. The van der Waals surface area contributed by atoms with Crippen molar-refractivity contribution in [2.24, 2.45) is 11.7 Å². The lowest BCUT2D eigenvalue weighted by Gasteiger charge is -2.10. The van der Waals surface area contributed by atoms with Crippen molar-refractivity contribution >= 4 is 0 Å². The van der Waals surface area contributed by atoms with Crippen LogP contribution < -0.4 is 11.1 Å². The second-order valence-electron chi connectivity index (χ2n) is 4.76. The first-order valence-electron chi connectivity index (χ1n) is 6.10. The second kappa shape index (κ2) is 5.41. The van der Waals surface area contributed by atoms with Crippen molar-refractivity contribution in [3.8, 4) is 0 Å². The van der Waals surface area contributed by atoms with Gasteiger partial charge in [0, 0.05) is 25.3 Å². The molecule has 1 aliphatic carbocycles. The molecule has 1 aliphatic rings. The highest BCUT2D eigenvalue weighted by atomic mass is 15.4. The van der Waals surface area contributed by atoms with Crippen molar-refractivity contribution in [2.45, 2.75) is 45.3 Å². The normalized spacial score (nSPS) is 25.1. The molecule has 2 unspecified atom stereocenters. The molecule has 5 heteroatoms. The Balaban J connectivity index is 1.76. The smallest absolute Gasteiger partial charge is 0.0964 e. The van der Waals surface area contributed by atoms with Crippen LogP contribution in [0.25, 0.3) is 0 Å². The van der Waals surface area contributed by atoms with E-state index in [4.69, 9.17) is 5.73 Å². The monoisotopic (exact) mass is 223 g/mol. The maximum Gasteiger partial charge on any atom is 0.0964 e. The van der Waals surface area contributed by atoms with Crippen molar-refractivity contribution in [1.82, 2.24) is 20.3 Å². The maximum absolute atomic E-state index is 5.45. The fraction of sp³-hybridized carbons (Fsp3) is 0.818. The van der Waals surface area contributed by atoms with Gasteiger partial charge in [-0.2, -0.15) is 0 Å². The summed E-state index contributed by atoms with van der Waals surface area (Å²) < 4.78 is 1.80. The molecule has 2 atom stereocenters. The number of hydrogen-bond acceptors (Lipinski definition) is 4. The van der Waals surface area contributed by atoms with E-state index in [2.05, 4.69) is 22.6 Å². The zero-order chi connectivity index (χ0) is 11.4. The van der Waals surface area contributed by atoms with Crippen molar-refractivity contribution in [3.05, 3.63) is 11.9 Å². The van der Waals surface area contributed by atoms with Crippen molar-refractivity contribution in [2.75, 3.05) is 6.54 Å². The largest absolute Gasteiger partial charge is 0.329 e. The van der Waals surface area contributed by atoms with Crippen LogP contribution in [0, 0.1) is 5.92 Å². The Kier molecular flexibility index (Phi) is 3.90. The van der Waals surface area contributed by atoms with Crippen molar-refractivity contribution in [1.29, 1.82) is 0 Å². The van der Waals surface area contributed by atoms with Gasteiger partial charge in [0.2, 0.25) is 0 Å². The summed E-state index contributed by atoms with van der Waals surface area (Å²) in [5, 5.41) is 11.7. The van der Waals surface area contributed by atoms with Crippen LogP contribution in [0.2, 0.25) is 0 Å². The lowest BCUT2D eigenvalue weighted by Crippen LogP contribution is -2.25. The first-order valence-corrected chi connectivity index (χ1v) is 6.10. The zero-order valence-electron chi connectivity index (χ0n) is 9.89. The van der Waals surface area contributed by atoms with Crippen LogP contribution in [-0.4, -0.2) is 27.6 Å². The number of rotatable bonds is 5. The van der Waals surface area contributed by atoms with E-state index in [1.54, 1.807) is 4.68 Å². The van der Waals surface area contributed by atoms with Gasteiger partial charge in [-0.25, -0.2) is 0 Å². The topological polar surface area (TPSA) is 68.8 Å². The molecular weight excluding hydrogens is 202 g/mol. The van der Waals surface area contributed by atoms with Crippen molar-refractivity contribution < 1.29 is 0 Å². The van der Waals surface area contributed by atoms with Crippen LogP contribution in [0.4, 0.5) is 0 Å². The van der Waals surface area contributed by atoms with E-state index in [0.717, 1.165) is 24.7 Å². The molecule has 0 bridgehead atoms. The lowest BCUT2D eigenvalue weighted by molar-refractivity contribution is 0.498. The Morgan fingerprint density at radius 3 is 3.12 bits per heavy atom. The van der Waals surface area contributed by atoms with E-state index >= 15 is 0 Å². The highest BCUT2D eigenvalue weighted by Crippen LogP contribution is 2.24. The highest BCUT2D eigenvalue weighted by molar-refractivity contribution is 4.93. The molecule has 2 rings (SSSR count). The van der Waals surface area contributed by atoms with E-state index in [-0.39, 0.29) is 0 Å². The van der Waals surface area contributed by atoms with Crippen LogP contribution in [0.15, 0.2) is 6.20 Å². The third kappa shape index (κ3) is 3.02. The Labute approximate surface area is 96.4 Å². The molecule has 0 amide bonds. The summed E-state index contributed by atoms with van der Waals surface area (Å²) in [7, 11) is 0. The molecule has 0 aliphatic heterocycles. The summed E-state index contributed by atoms with van der Waals surface area (Å²) >= 11 is 0. The molecule has 0 radical (unpaired) electrons. The average Bonchev–Trinajstić information content (AvgIpc) is 2.85. The maximum atomic E-state index is 5.45. The van der Waals surface area contributed by atoms with Gasteiger partial charge in [-0.3, -0.25) is 4.68 Å². The summed E-state index contributed by atoms with van der Waals surface area (Å²) in [6.07, 6.45) is 5.89. The van der Waals surface area contributed by atoms with E-state index in [0.29, 0.717) is 12.6 Å². The first-order chi connectivity index (χ1) is 7.78. The molecule has 1 heterocycles. The summed E-state index contributed by atoms with van der Waals surface area (Å²) in [4.78, 5) is 0. The third-order valence-electron chi connectivity index (χ3n) is 3.21. The van der Waals surface area contributed by atoms with Gasteiger partial charge in [-0.15, -0.1) is 5.10 Å². The Hall–Kier alpha value is -0.940. The van der Waals surface area contributed by atoms with Crippen LogP contribution in [0.5, 0.6) is 0 Å². The van der Waals surface area contributed by atoms with Crippen LogP contribution >= 0.6 is 0 Å².